The predicted molar refractivity (Wildman–Crippen MR) is 72.1 cm³/mol. The fraction of sp³-hybridized carbons (Fsp3) is 0.385. The minimum absolute atomic E-state index is 0.267. The van der Waals surface area contributed by atoms with Crippen LogP contribution >= 0.6 is 0 Å². The first-order chi connectivity index (χ1) is 8.99. The second-order valence-corrected chi connectivity index (χ2v) is 6.95. The molecule has 0 radical (unpaired) electrons. The van der Waals surface area contributed by atoms with Crippen LogP contribution in [0.4, 0.5) is 0 Å². The SMILES string of the molecule is CC1(NS(=O)(=O)c2ccc3ncncc3c2)CCC1. The van der Waals surface area contributed by atoms with Crippen molar-refractivity contribution in [3.63, 3.8) is 0 Å². The van der Waals surface area contributed by atoms with Gasteiger partial charge in [0, 0.05) is 17.1 Å². The molecule has 0 amide bonds. The molecule has 19 heavy (non-hydrogen) atoms. The Labute approximate surface area is 112 Å². The molecule has 1 fully saturated rings. The number of fused-ring (bicyclic) bond motifs is 1. The van der Waals surface area contributed by atoms with Crippen molar-refractivity contribution in [1.29, 1.82) is 0 Å². The molecule has 1 N–H and O–H groups in total. The molecule has 0 bridgehead atoms. The third-order valence-electron chi connectivity index (χ3n) is 3.62. The van der Waals surface area contributed by atoms with Crippen LogP contribution in [0.3, 0.4) is 0 Å². The smallest absolute Gasteiger partial charge is 0.241 e. The molecule has 0 atom stereocenters. The largest absolute Gasteiger partial charge is 0.244 e. The Morgan fingerprint density at radius 3 is 2.79 bits per heavy atom. The summed E-state index contributed by atoms with van der Waals surface area (Å²) in [7, 11) is -3.48. The van der Waals surface area contributed by atoms with Gasteiger partial charge in [0.2, 0.25) is 10.0 Å². The lowest BCUT2D eigenvalue weighted by atomic mass is 9.80. The maximum absolute atomic E-state index is 12.3. The van der Waals surface area contributed by atoms with Gasteiger partial charge in [0.15, 0.2) is 0 Å². The van der Waals surface area contributed by atoms with Crippen molar-refractivity contribution in [3.05, 3.63) is 30.7 Å². The maximum Gasteiger partial charge on any atom is 0.241 e. The molecule has 1 saturated carbocycles. The molecule has 6 heteroatoms. The van der Waals surface area contributed by atoms with Crippen LogP contribution in [0.5, 0.6) is 0 Å². The summed E-state index contributed by atoms with van der Waals surface area (Å²) < 4.78 is 27.4. The zero-order valence-corrected chi connectivity index (χ0v) is 11.4. The molecule has 1 aliphatic rings. The molecule has 0 saturated heterocycles. The molecule has 0 spiro atoms. The number of benzene rings is 1. The molecule has 1 heterocycles. The van der Waals surface area contributed by atoms with Crippen LogP contribution in [0.2, 0.25) is 0 Å². The van der Waals surface area contributed by atoms with Gasteiger partial charge < -0.3 is 0 Å². The van der Waals surface area contributed by atoms with Gasteiger partial charge in [0.05, 0.1) is 10.4 Å². The first-order valence-corrected chi connectivity index (χ1v) is 7.71. The van der Waals surface area contributed by atoms with E-state index < -0.39 is 10.0 Å². The van der Waals surface area contributed by atoms with Crippen molar-refractivity contribution in [2.45, 2.75) is 36.6 Å². The van der Waals surface area contributed by atoms with E-state index in [1.807, 2.05) is 6.92 Å². The standard InChI is InChI=1S/C13H15N3O2S/c1-13(5-2-6-13)16-19(17,18)11-3-4-12-10(7-11)8-14-9-15-12/h3-4,7-9,16H,2,5-6H2,1H3. The lowest BCUT2D eigenvalue weighted by molar-refractivity contribution is 0.248. The molecule has 1 aromatic heterocycles. The molecule has 1 aromatic carbocycles. The monoisotopic (exact) mass is 277 g/mol. The maximum atomic E-state index is 12.3. The fourth-order valence-electron chi connectivity index (χ4n) is 2.32. The summed E-state index contributed by atoms with van der Waals surface area (Å²) in [6.45, 7) is 1.94. The highest BCUT2D eigenvalue weighted by molar-refractivity contribution is 7.89. The third-order valence-corrected chi connectivity index (χ3v) is 5.26. The lowest BCUT2D eigenvalue weighted by Gasteiger charge is -2.38. The van der Waals surface area contributed by atoms with E-state index in [2.05, 4.69) is 14.7 Å². The van der Waals surface area contributed by atoms with Gasteiger partial charge in [-0.05, 0) is 44.4 Å². The number of rotatable bonds is 3. The summed E-state index contributed by atoms with van der Waals surface area (Å²) in [5.74, 6) is 0. The minimum atomic E-state index is -3.48. The quantitative estimate of drug-likeness (QED) is 0.929. The number of sulfonamides is 1. The fourth-order valence-corrected chi connectivity index (χ4v) is 3.82. The van der Waals surface area contributed by atoms with Crippen LogP contribution in [-0.2, 0) is 10.0 Å². The number of nitrogens with one attached hydrogen (secondary N) is 1. The van der Waals surface area contributed by atoms with E-state index in [4.69, 9.17) is 0 Å². The van der Waals surface area contributed by atoms with E-state index in [1.165, 1.54) is 6.33 Å². The molecule has 5 nitrogen and oxygen atoms in total. The first-order valence-electron chi connectivity index (χ1n) is 6.22. The molecule has 3 rings (SSSR count). The van der Waals surface area contributed by atoms with Crippen molar-refractivity contribution in [2.75, 3.05) is 0 Å². The Kier molecular flexibility index (Phi) is 2.79. The number of hydrogen-bond acceptors (Lipinski definition) is 4. The van der Waals surface area contributed by atoms with Crippen LogP contribution in [0, 0.1) is 0 Å². The van der Waals surface area contributed by atoms with Crippen molar-refractivity contribution in [1.82, 2.24) is 14.7 Å². The normalized spacial score (nSPS) is 18.2. The van der Waals surface area contributed by atoms with Gasteiger partial charge >= 0.3 is 0 Å². The van der Waals surface area contributed by atoms with E-state index in [1.54, 1.807) is 24.4 Å². The van der Waals surface area contributed by atoms with Gasteiger partial charge in [0.25, 0.3) is 0 Å². The average Bonchev–Trinajstić information content (AvgIpc) is 2.36. The average molecular weight is 277 g/mol. The van der Waals surface area contributed by atoms with Crippen molar-refractivity contribution in [2.24, 2.45) is 0 Å². The Balaban J connectivity index is 1.98. The zero-order chi connectivity index (χ0) is 13.5. The Bertz CT molecular complexity index is 724. The third kappa shape index (κ3) is 2.33. The number of hydrogen-bond donors (Lipinski definition) is 1. The molecule has 1 aliphatic carbocycles. The van der Waals surface area contributed by atoms with Crippen LogP contribution in [-0.4, -0.2) is 23.9 Å². The van der Waals surface area contributed by atoms with Gasteiger partial charge in [-0.15, -0.1) is 0 Å². The Morgan fingerprint density at radius 1 is 1.32 bits per heavy atom. The summed E-state index contributed by atoms with van der Waals surface area (Å²) in [6.07, 6.45) is 5.92. The minimum Gasteiger partial charge on any atom is -0.244 e. The van der Waals surface area contributed by atoms with Crippen LogP contribution in [0.25, 0.3) is 10.9 Å². The van der Waals surface area contributed by atoms with E-state index in [0.29, 0.717) is 0 Å². The number of nitrogens with zero attached hydrogens (tertiary/aromatic N) is 2. The second-order valence-electron chi connectivity index (χ2n) is 5.26. The van der Waals surface area contributed by atoms with Crippen molar-refractivity contribution in [3.8, 4) is 0 Å². The summed E-state index contributed by atoms with van der Waals surface area (Å²) in [5, 5.41) is 0.726. The summed E-state index contributed by atoms with van der Waals surface area (Å²) in [4.78, 5) is 8.26. The predicted octanol–water partition coefficient (Wildman–Crippen LogP) is 1.85. The van der Waals surface area contributed by atoms with E-state index in [0.717, 1.165) is 30.2 Å². The second kappa shape index (κ2) is 4.25. The molecular formula is C13H15N3O2S. The first kappa shape index (κ1) is 12.5. The van der Waals surface area contributed by atoms with E-state index in [9.17, 15) is 8.42 Å². The van der Waals surface area contributed by atoms with Crippen molar-refractivity contribution >= 4 is 20.9 Å². The number of aromatic nitrogens is 2. The molecule has 0 unspecified atom stereocenters. The van der Waals surface area contributed by atoms with E-state index in [-0.39, 0.29) is 10.4 Å². The topological polar surface area (TPSA) is 72.0 Å². The van der Waals surface area contributed by atoms with Crippen molar-refractivity contribution < 1.29 is 8.42 Å². The highest BCUT2D eigenvalue weighted by Gasteiger charge is 2.36. The van der Waals surface area contributed by atoms with E-state index >= 15 is 0 Å². The van der Waals surface area contributed by atoms with Gasteiger partial charge in [-0.1, -0.05) is 0 Å². The van der Waals surface area contributed by atoms with Gasteiger partial charge in [-0.25, -0.2) is 23.1 Å². The van der Waals surface area contributed by atoms with Crippen LogP contribution in [0.1, 0.15) is 26.2 Å². The van der Waals surface area contributed by atoms with Gasteiger partial charge in [0.1, 0.15) is 6.33 Å². The summed E-state index contributed by atoms with van der Waals surface area (Å²) in [6, 6.07) is 4.90. The molecular weight excluding hydrogens is 262 g/mol. The molecule has 0 aliphatic heterocycles. The highest BCUT2D eigenvalue weighted by Crippen LogP contribution is 2.32. The van der Waals surface area contributed by atoms with Gasteiger partial charge in [-0.3, -0.25) is 0 Å². The van der Waals surface area contributed by atoms with Crippen LogP contribution < -0.4 is 4.72 Å². The Morgan fingerprint density at radius 2 is 2.11 bits per heavy atom. The van der Waals surface area contributed by atoms with Gasteiger partial charge in [-0.2, -0.15) is 0 Å². The molecule has 100 valence electrons. The highest BCUT2D eigenvalue weighted by atomic mass is 32.2. The zero-order valence-electron chi connectivity index (χ0n) is 10.6. The summed E-state index contributed by atoms with van der Waals surface area (Å²) in [5.41, 5.74) is 0.449. The lowest BCUT2D eigenvalue weighted by Crippen LogP contribution is -2.50. The van der Waals surface area contributed by atoms with Crippen LogP contribution in [0.15, 0.2) is 35.6 Å². The Hall–Kier alpha value is -1.53. The molecule has 2 aromatic rings. The summed E-state index contributed by atoms with van der Waals surface area (Å²) >= 11 is 0.